The normalized spacial score (nSPS) is 12.8. The smallest absolute Gasteiger partial charge is 0.262 e. The zero-order valence-corrected chi connectivity index (χ0v) is 17.4. The zero-order chi connectivity index (χ0) is 22.0. The molecule has 0 spiro atoms. The molecule has 4 rings (SSSR count). The van der Waals surface area contributed by atoms with Gasteiger partial charge >= 0.3 is 0 Å². The van der Waals surface area contributed by atoms with E-state index >= 15 is 0 Å². The monoisotopic (exact) mass is 459 g/mol. The summed E-state index contributed by atoms with van der Waals surface area (Å²) in [6, 6.07) is 9.43. The molecule has 1 aliphatic rings. The van der Waals surface area contributed by atoms with Gasteiger partial charge in [-0.2, -0.15) is 5.10 Å². The number of nitrogens with zero attached hydrogens (tertiary/aromatic N) is 4. The van der Waals surface area contributed by atoms with Gasteiger partial charge in [0.2, 0.25) is 5.91 Å². The van der Waals surface area contributed by atoms with E-state index < -0.39 is 24.3 Å². The van der Waals surface area contributed by atoms with Crippen molar-refractivity contribution in [1.29, 1.82) is 0 Å². The van der Waals surface area contributed by atoms with Gasteiger partial charge in [-0.3, -0.25) is 19.3 Å². The minimum atomic E-state index is -0.598. The van der Waals surface area contributed by atoms with E-state index in [1.807, 2.05) is 0 Å². The minimum absolute atomic E-state index is 0.120. The number of amides is 3. The van der Waals surface area contributed by atoms with Gasteiger partial charge < -0.3 is 10.1 Å². The lowest BCUT2D eigenvalue weighted by molar-refractivity contribution is -0.116. The molecule has 0 atom stereocenters. The van der Waals surface area contributed by atoms with Crippen LogP contribution in [-0.2, 0) is 11.3 Å². The molecular formula is C20H15Cl2N5O4. The number of aromatic nitrogens is 3. The van der Waals surface area contributed by atoms with Crippen LogP contribution >= 0.6 is 23.2 Å². The lowest BCUT2D eigenvalue weighted by Gasteiger charge is -2.14. The zero-order valence-electron chi connectivity index (χ0n) is 15.9. The highest BCUT2D eigenvalue weighted by Gasteiger charge is 2.37. The summed E-state index contributed by atoms with van der Waals surface area (Å²) in [5.74, 6) is -1.19. The van der Waals surface area contributed by atoms with Crippen molar-refractivity contribution in [2.24, 2.45) is 0 Å². The van der Waals surface area contributed by atoms with Crippen molar-refractivity contribution in [2.75, 3.05) is 18.5 Å². The molecule has 0 unspecified atom stereocenters. The molecule has 0 aliphatic carbocycles. The van der Waals surface area contributed by atoms with Gasteiger partial charge in [-0.1, -0.05) is 29.3 Å². The van der Waals surface area contributed by atoms with E-state index in [2.05, 4.69) is 15.4 Å². The molecular weight excluding hydrogens is 445 g/mol. The van der Waals surface area contributed by atoms with E-state index in [4.69, 9.17) is 27.9 Å². The number of hydrogen-bond donors (Lipinski definition) is 1. The van der Waals surface area contributed by atoms with Gasteiger partial charge in [-0.15, -0.1) is 0 Å². The van der Waals surface area contributed by atoms with Crippen LogP contribution in [0, 0.1) is 0 Å². The van der Waals surface area contributed by atoms with E-state index in [0.29, 0.717) is 24.6 Å². The number of ether oxygens (including phenoxy) is 1. The summed E-state index contributed by atoms with van der Waals surface area (Å²) in [6.07, 6.45) is 3.02. The number of imide groups is 1. The first kappa shape index (κ1) is 20.8. The predicted octanol–water partition coefficient (Wildman–Crippen LogP) is 2.90. The molecule has 1 aromatic heterocycles. The highest BCUT2D eigenvalue weighted by atomic mass is 35.5. The predicted molar refractivity (Wildman–Crippen MR) is 112 cm³/mol. The molecule has 0 fully saturated rings. The standard InChI is InChI=1S/C20H15Cl2N5O4/c21-16-7-14-15(8-17(16)22)20(30)27(19(14)29)9-18(28)25-12-2-1-3-13(6-12)31-5-4-26-11-23-10-24-26/h1-3,6-8,10-11H,4-5,9H2,(H,25,28). The Labute approximate surface area is 186 Å². The number of halogens is 2. The Morgan fingerprint density at radius 2 is 1.77 bits per heavy atom. The van der Waals surface area contributed by atoms with E-state index in [-0.39, 0.29) is 21.2 Å². The number of rotatable bonds is 7. The Balaban J connectivity index is 1.37. The van der Waals surface area contributed by atoms with Crippen molar-refractivity contribution >= 4 is 46.6 Å². The van der Waals surface area contributed by atoms with Crippen LogP contribution in [0.15, 0.2) is 49.1 Å². The topological polar surface area (TPSA) is 106 Å². The molecule has 2 heterocycles. The van der Waals surface area contributed by atoms with Crippen LogP contribution in [0.4, 0.5) is 5.69 Å². The van der Waals surface area contributed by atoms with Crippen molar-refractivity contribution < 1.29 is 19.1 Å². The number of carbonyl (C=O) groups excluding carboxylic acids is 3. The quantitative estimate of drug-likeness (QED) is 0.544. The van der Waals surface area contributed by atoms with E-state index in [0.717, 1.165) is 4.90 Å². The lowest BCUT2D eigenvalue weighted by atomic mass is 10.1. The number of fused-ring (bicyclic) bond motifs is 1. The molecule has 0 radical (unpaired) electrons. The second kappa shape index (κ2) is 8.75. The Morgan fingerprint density at radius 1 is 1.06 bits per heavy atom. The maximum absolute atomic E-state index is 12.5. The summed E-state index contributed by atoms with van der Waals surface area (Å²) in [5.41, 5.74) is 0.705. The van der Waals surface area contributed by atoms with Crippen molar-refractivity contribution in [1.82, 2.24) is 19.7 Å². The first-order valence-electron chi connectivity index (χ1n) is 9.13. The molecule has 158 valence electrons. The molecule has 0 saturated carbocycles. The number of carbonyl (C=O) groups is 3. The molecule has 3 amide bonds. The van der Waals surface area contributed by atoms with Gasteiger partial charge in [0.25, 0.3) is 11.8 Å². The van der Waals surface area contributed by atoms with Gasteiger partial charge in [0, 0.05) is 11.8 Å². The van der Waals surface area contributed by atoms with Gasteiger partial charge in [0.1, 0.15) is 31.6 Å². The second-order valence-electron chi connectivity index (χ2n) is 6.59. The van der Waals surface area contributed by atoms with Crippen LogP contribution in [0.1, 0.15) is 20.7 Å². The highest BCUT2D eigenvalue weighted by molar-refractivity contribution is 6.43. The molecule has 31 heavy (non-hydrogen) atoms. The largest absolute Gasteiger partial charge is 0.492 e. The van der Waals surface area contributed by atoms with Crippen LogP contribution in [0.3, 0.4) is 0 Å². The molecule has 9 nitrogen and oxygen atoms in total. The number of hydrogen-bond acceptors (Lipinski definition) is 6. The van der Waals surface area contributed by atoms with Gasteiger partial charge in [-0.05, 0) is 24.3 Å². The van der Waals surface area contributed by atoms with Crippen molar-refractivity contribution in [3.05, 3.63) is 70.2 Å². The highest BCUT2D eigenvalue weighted by Crippen LogP contribution is 2.31. The minimum Gasteiger partial charge on any atom is -0.492 e. The summed E-state index contributed by atoms with van der Waals surface area (Å²) < 4.78 is 7.28. The molecule has 3 aromatic rings. The molecule has 1 aliphatic heterocycles. The number of anilines is 1. The number of benzene rings is 2. The van der Waals surface area contributed by atoms with Gasteiger partial charge in [0.15, 0.2) is 0 Å². The fraction of sp³-hybridized carbons (Fsp3) is 0.150. The van der Waals surface area contributed by atoms with E-state index in [1.165, 1.54) is 18.5 Å². The summed E-state index contributed by atoms with van der Waals surface area (Å²) in [4.78, 5) is 42.2. The lowest BCUT2D eigenvalue weighted by Crippen LogP contribution is -2.37. The first-order chi connectivity index (χ1) is 14.9. The van der Waals surface area contributed by atoms with Gasteiger partial charge in [0.05, 0.1) is 27.7 Å². The first-order valence-corrected chi connectivity index (χ1v) is 9.88. The van der Waals surface area contributed by atoms with Crippen molar-refractivity contribution in [2.45, 2.75) is 6.54 Å². The molecule has 0 saturated heterocycles. The maximum Gasteiger partial charge on any atom is 0.262 e. The molecule has 2 aromatic carbocycles. The van der Waals surface area contributed by atoms with Crippen molar-refractivity contribution in [3.8, 4) is 5.75 Å². The summed E-state index contributed by atoms with van der Waals surface area (Å²) in [5, 5.41) is 6.96. The molecule has 11 heteroatoms. The van der Waals surface area contributed by atoms with Crippen LogP contribution in [0.5, 0.6) is 5.75 Å². The van der Waals surface area contributed by atoms with Crippen LogP contribution in [-0.4, -0.2) is 50.5 Å². The summed E-state index contributed by atoms with van der Waals surface area (Å²) in [7, 11) is 0. The SMILES string of the molecule is O=C(CN1C(=O)c2cc(Cl)c(Cl)cc2C1=O)Nc1cccc(OCCn2cncn2)c1. The fourth-order valence-electron chi connectivity index (χ4n) is 3.04. The Morgan fingerprint density at radius 3 is 2.42 bits per heavy atom. The third kappa shape index (κ3) is 4.52. The Hall–Kier alpha value is -3.43. The second-order valence-corrected chi connectivity index (χ2v) is 7.41. The summed E-state index contributed by atoms with van der Waals surface area (Å²) in [6.45, 7) is 0.435. The third-order valence-electron chi connectivity index (χ3n) is 4.49. The van der Waals surface area contributed by atoms with Gasteiger partial charge in [-0.25, -0.2) is 9.67 Å². The van der Waals surface area contributed by atoms with Crippen molar-refractivity contribution in [3.63, 3.8) is 0 Å². The number of nitrogens with one attached hydrogen (secondary N) is 1. The molecule has 0 bridgehead atoms. The average molecular weight is 460 g/mol. The Bertz CT molecular complexity index is 1130. The Kier molecular flexibility index (Phi) is 5.88. The van der Waals surface area contributed by atoms with E-state index in [9.17, 15) is 14.4 Å². The average Bonchev–Trinajstić information content (AvgIpc) is 3.33. The maximum atomic E-state index is 12.5. The third-order valence-corrected chi connectivity index (χ3v) is 5.21. The van der Waals surface area contributed by atoms with Crippen LogP contribution in [0.2, 0.25) is 10.0 Å². The van der Waals surface area contributed by atoms with Crippen LogP contribution in [0.25, 0.3) is 0 Å². The molecule has 1 N–H and O–H groups in total. The fourth-order valence-corrected chi connectivity index (χ4v) is 3.37. The van der Waals surface area contributed by atoms with E-state index in [1.54, 1.807) is 35.3 Å². The van der Waals surface area contributed by atoms with Crippen LogP contribution < -0.4 is 10.1 Å². The summed E-state index contributed by atoms with van der Waals surface area (Å²) >= 11 is 11.9.